The van der Waals surface area contributed by atoms with Crippen molar-refractivity contribution in [1.29, 1.82) is 0 Å². The van der Waals surface area contributed by atoms with E-state index < -0.39 is 0 Å². The number of hydrogen-bond donors (Lipinski definition) is 1. The molecular weight excluding hydrogens is 409 g/mol. The molecule has 4 rings (SSSR count). The Kier molecular flexibility index (Phi) is 6.67. The van der Waals surface area contributed by atoms with Crippen LogP contribution in [0.1, 0.15) is 16.7 Å². The van der Waals surface area contributed by atoms with Crippen molar-refractivity contribution in [3.8, 4) is 0 Å². The number of aliphatic hydroxyl groups excluding tert-OH is 1. The van der Waals surface area contributed by atoms with Crippen molar-refractivity contribution in [3.63, 3.8) is 0 Å². The Labute approximate surface area is 187 Å². The summed E-state index contributed by atoms with van der Waals surface area (Å²) in [6.07, 6.45) is 0.469. The summed E-state index contributed by atoms with van der Waals surface area (Å²) in [5.74, 6) is -0.870. The predicted molar refractivity (Wildman–Crippen MR) is 120 cm³/mol. The molecule has 0 unspecified atom stereocenters. The Bertz CT molecular complexity index is 1010. The van der Waals surface area contributed by atoms with E-state index in [-0.39, 0.29) is 30.8 Å². The van der Waals surface area contributed by atoms with Crippen molar-refractivity contribution >= 4 is 17.4 Å². The number of carbonyl (C=O) groups excluding carboxylic acids is 2. The SMILES string of the molecule is Cc1ccc(C2=C(N3CCN(CCO)CC3)C(=O)N(CCc3ccc(F)cc3)C2=O)cc1. The van der Waals surface area contributed by atoms with Gasteiger partial charge in [0.2, 0.25) is 0 Å². The zero-order valence-corrected chi connectivity index (χ0v) is 18.3. The third-order valence-corrected chi connectivity index (χ3v) is 6.13. The lowest BCUT2D eigenvalue weighted by Gasteiger charge is -2.36. The first kappa shape index (κ1) is 22.2. The number of halogens is 1. The van der Waals surface area contributed by atoms with E-state index >= 15 is 0 Å². The molecule has 32 heavy (non-hydrogen) atoms. The van der Waals surface area contributed by atoms with Crippen LogP contribution in [0.15, 0.2) is 54.2 Å². The summed E-state index contributed by atoms with van der Waals surface area (Å²) in [7, 11) is 0. The van der Waals surface area contributed by atoms with Gasteiger partial charge in [-0.25, -0.2) is 4.39 Å². The third kappa shape index (κ3) is 4.59. The molecule has 1 saturated heterocycles. The van der Waals surface area contributed by atoms with E-state index in [9.17, 15) is 19.1 Å². The average molecular weight is 438 g/mol. The van der Waals surface area contributed by atoms with Gasteiger partial charge in [-0.3, -0.25) is 19.4 Å². The highest BCUT2D eigenvalue weighted by molar-refractivity contribution is 6.35. The topological polar surface area (TPSA) is 64.1 Å². The van der Waals surface area contributed by atoms with Gasteiger partial charge in [0.15, 0.2) is 0 Å². The van der Waals surface area contributed by atoms with E-state index in [1.807, 2.05) is 36.1 Å². The molecule has 0 radical (unpaired) electrons. The quantitative estimate of drug-likeness (QED) is 0.672. The molecule has 1 N–H and O–H groups in total. The number of aryl methyl sites for hydroxylation is 1. The second-order valence-corrected chi connectivity index (χ2v) is 8.28. The molecule has 0 aromatic heterocycles. The lowest BCUT2D eigenvalue weighted by molar-refractivity contribution is -0.137. The summed E-state index contributed by atoms with van der Waals surface area (Å²) in [5.41, 5.74) is 3.60. The van der Waals surface area contributed by atoms with Crippen LogP contribution in [0.25, 0.3) is 5.57 Å². The fourth-order valence-electron chi connectivity index (χ4n) is 4.27. The minimum atomic E-state index is -0.312. The summed E-state index contributed by atoms with van der Waals surface area (Å²) < 4.78 is 13.2. The summed E-state index contributed by atoms with van der Waals surface area (Å²) in [6, 6.07) is 13.8. The van der Waals surface area contributed by atoms with E-state index in [4.69, 9.17) is 0 Å². The van der Waals surface area contributed by atoms with E-state index in [2.05, 4.69) is 4.90 Å². The number of rotatable bonds is 7. The van der Waals surface area contributed by atoms with Crippen LogP contribution >= 0.6 is 0 Å². The van der Waals surface area contributed by atoms with Gasteiger partial charge in [-0.2, -0.15) is 0 Å². The molecule has 168 valence electrons. The van der Waals surface area contributed by atoms with Crippen LogP contribution in [0, 0.1) is 12.7 Å². The number of benzene rings is 2. The second kappa shape index (κ2) is 9.63. The smallest absolute Gasteiger partial charge is 0.277 e. The molecule has 0 aliphatic carbocycles. The van der Waals surface area contributed by atoms with Gasteiger partial charge < -0.3 is 10.0 Å². The number of piperazine rings is 1. The number of imide groups is 1. The summed E-state index contributed by atoms with van der Waals surface area (Å²) in [4.78, 5) is 32.3. The Morgan fingerprint density at radius 1 is 0.875 bits per heavy atom. The van der Waals surface area contributed by atoms with Crippen molar-refractivity contribution in [2.45, 2.75) is 13.3 Å². The van der Waals surface area contributed by atoms with E-state index in [1.165, 1.54) is 17.0 Å². The average Bonchev–Trinajstić information content (AvgIpc) is 3.04. The lowest BCUT2D eigenvalue weighted by Crippen LogP contribution is -2.48. The Balaban J connectivity index is 1.59. The lowest BCUT2D eigenvalue weighted by atomic mass is 10.0. The van der Waals surface area contributed by atoms with Crippen molar-refractivity contribution in [3.05, 3.63) is 76.7 Å². The maximum absolute atomic E-state index is 13.4. The first-order valence-corrected chi connectivity index (χ1v) is 11.0. The van der Waals surface area contributed by atoms with Crippen LogP contribution in [0.4, 0.5) is 4.39 Å². The van der Waals surface area contributed by atoms with Gasteiger partial charge in [-0.1, -0.05) is 42.0 Å². The standard InChI is InChI=1S/C25H28FN3O3/c1-18-2-6-20(7-3-18)22-23(28-14-12-27(13-15-28)16-17-30)25(32)29(24(22)31)11-10-19-4-8-21(26)9-5-19/h2-9,30H,10-17H2,1H3. The summed E-state index contributed by atoms with van der Waals surface area (Å²) in [6.45, 7) is 5.62. The van der Waals surface area contributed by atoms with E-state index in [0.29, 0.717) is 37.3 Å². The molecule has 0 saturated carbocycles. The highest BCUT2D eigenvalue weighted by atomic mass is 19.1. The highest BCUT2D eigenvalue weighted by Gasteiger charge is 2.41. The molecule has 2 heterocycles. The number of aliphatic hydroxyl groups is 1. The zero-order chi connectivity index (χ0) is 22.7. The largest absolute Gasteiger partial charge is 0.395 e. The number of β-amino-alcohol motifs (C(OH)–C–C–N with tert-alkyl or cyclic N) is 1. The van der Waals surface area contributed by atoms with Crippen LogP contribution in [-0.4, -0.2) is 77.5 Å². The molecular formula is C25H28FN3O3. The number of amides is 2. The molecule has 2 aliphatic heterocycles. The fraction of sp³-hybridized carbons (Fsp3) is 0.360. The van der Waals surface area contributed by atoms with Crippen molar-refractivity contribution < 1.29 is 19.1 Å². The first-order chi connectivity index (χ1) is 15.5. The van der Waals surface area contributed by atoms with E-state index in [0.717, 1.165) is 29.8 Å². The van der Waals surface area contributed by atoms with Gasteiger partial charge >= 0.3 is 0 Å². The minimum absolute atomic E-state index is 0.103. The number of nitrogens with zero attached hydrogens (tertiary/aromatic N) is 3. The molecule has 7 heteroatoms. The van der Waals surface area contributed by atoms with Crippen LogP contribution in [-0.2, 0) is 16.0 Å². The van der Waals surface area contributed by atoms with Crippen LogP contribution in [0.5, 0.6) is 0 Å². The Hall–Kier alpha value is -3.03. The van der Waals surface area contributed by atoms with Crippen molar-refractivity contribution in [2.24, 2.45) is 0 Å². The van der Waals surface area contributed by atoms with Gasteiger partial charge in [-0.15, -0.1) is 0 Å². The molecule has 0 spiro atoms. The summed E-state index contributed by atoms with van der Waals surface area (Å²) >= 11 is 0. The van der Waals surface area contributed by atoms with Crippen LogP contribution in [0.2, 0.25) is 0 Å². The van der Waals surface area contributed by atoms with Gasteiger partial charge in [0, 0.05) is 39.3 Å². The molecule has 2 amide bonds. The van der Waals surface area contributed by atoms with E-state index in [1.54, 1.807) is 12.1 Å². The normalized spacial score (nSPS) is 17.6. The Morgan fingerprint density at radius 3 is 2.16 bits per heavy atom. The molecule has 2 aromatic rings. The third-order valence-electron chi connectivity index (χ3n) is 6.13. The van der Waals surface area contributed by atoms with Crippen molar-refractivity contribution in [1.82, 2.24) is 14.7 Å². The fourth-order valence-corrected chi connectivity index (χ4v) is 4.27. The van der Waals surface area contributed by atoms with Crippen molar-refractivity contribution in [2.75, 3.05) is 45.9 Å². The number of carbonyl (C=O) groups is 2. The minimum Gasteiger partial charge on any atom is -0.395 e. The molecule has 6 nitrogen and oxygen atoms in total. The van der Waals surface area contributed by atoms with Crippen LogP contribution < -0.4 is 0 Å². The maximum Gasteiger partial charge on any atom is 0.277 e. The van der Waals surface area contributed by atoms with Gasteiger partial charge in [0.1, 0.15) is 11.5 Å². The molecule has 0 atom stereocenters. The van der Waals surface area contributed by atoms with Crippen LogP contribution in [0.3, 0.4) is 0 Å². The second-order valence-electron chi connectivity index (χ2n) is 8.28. The van der Waals surface area contributed by atoms with Gasteiger partial charge in [0.25, 0.3) is 11.8 Å². The maximum atomic E-state index is 13.4. The van der Waals surface area contributed by atoms with Gasteiger partial charge in [0.05, 0.1) is 12.2 Å². The summed E-state index contributed by atoms with van der Waals surface area (Å²) in [5, 5.41) is 9.20. The molecule has 2 aliphatic rings. The number of hydrogen-bond acceptors (Lipinski definition) is 5. The first-order valence-electron chi connectivity index (χ1n) is 11.0. The predicted octanol–water partition coefficient (Wildman–Crippen LogP) is 2.07. The molecule has 0 bridgehead atoms. The Morgan fingerprint density at radius 2 is 1.53 bits per heavy atom. The van der Waals surface area contributed by atoms with Gasteiger partial charge in [-0.05, 0) is 36.6 Å². The molecule has 1 fully saturated rings. The molecule has 2 aromatic carbocycles. The zero-order valence-electron chi connectivity index (χ0n) is 18.3. The highest BCUT2D eigenvalue weighted by Crippen LogP contribution is 2.32. The monoisotopic (exact) mass is 437 g/mol.